The molecule has 23 heavy (non-hydrogen) atoms. The highest BCUT2D eigenvalue weighted by Gasteiger charge is 2.19. The fourth-order valence-corrected chi connectivity index (χ4v) is 3.67. The summed E-state index contributed by atoms with van der Waals surface area (Å²) in [5, 5.41) is 0. The summed E-state index contributed by atoms with van der Waals surface area (Å²) in [6, 6.07) is 12.6. The van der Waals surface area contributed by atoms with Gasteiger partial charge in [-0.3, -0.25) is 9.78 Å². The van der Waals surface area contributed by atoms with Crippen LogP contribution in [0.5, 0.6) is 0 Å². The third-order valence-corrected chi connectivity index (χ3v) is 4.96. The lowest BCUT2D eigenvalue weighted by Gasteiger charge is -2.29. The number of nitrogens with zero attached hydrogens (tertiary/aromatic N) is 2. The van der Waals surface area contributed by atoms with E-state index in [4.69, 9.17) is 4.98 Å². The summed E-state index contributed by atoms with van der Waals surface area (Å²) in [4.78, 5) is 19.2. The Kier molecular flexibility index (Phi) is 3.86. The number of carbonyl (C=O) groups excluding carboxylic acids is 1. The second-order valence-corrected chi connectivity index (χ2v) is 6.57. The minimum Gasteiger partial charge on any atom is -0.372 e. The topological polar surface area (TPSA) is 33.2 Å². The monoisotopic (exact) mass is 306 g/mol. The molecule has 1 aromatic heterocycles. The molecular formula is C20H22N2O. The van der Waals surface area contributed by atoms with Crippen molar-refractivity contribution in [2.45, 2.75) is 38.5 Å². The van der Waals surface area contributed by atoms with Crippen molar-refractivity contribution in [3.05, 3.63) is 47.7 Å². The third-order valence-electron chi connectivity index (χ3n) is 4.96. The summed E-state index contributed by atoms with van der Waals surface area (Å²) >= 11 is 0. The van der Waals surface area contributed by atoms with E-state index in [0.29, 0.717) is 6.42 Å². The van der Waals surface area contributed by atoms with E-state index in [1.165, 1.54) is 24.9 Å². The van der Waals surface area contributed by atoms with E-state index < -0.39 is 0 Å². The lowest BCUT2D eigenvalue weighted by molar-refractivity contribution is 0.0971. The molecule has 0 amide bonds. The van der Waals surface area contributed by atoms with Gasteiger partial charge in [-0.15, -0.1) is 0 Å². The Morgan fingerprint density at radius 1 is 0.913 bits per heavy atom. The van der Waals surface area contributed by atoms with Crippen LogP contribution in [-0.2, 0) is 6.42 Å². The number of hydrogen-bond acceptors (Lipinski definition) is 3. The van der Waals surface area contributed by atoms with Gasteiger partial charge in [0, 0.05) is 36.3 Å². The van der Waals surface area contributed by atoms with Crippen molar-refractivity contribution in [1.82, 2.24) is 4.98 Å². The Labute approximate surface area is 137 Å². The molecule has 4 rings (SSSR count). The summed E-state index contributed by atoms with van der Waals surface area (Å²) in [6.45, 7) is 2.30. The fourth-order valence-electron chi connectivity index (χ4n) is 3.67. The van der Waals surface area contributed by atoms with Crippen molar-refractivity contribution in [1.29, 1.82) is 0 Å². The van der Waals surface area contributed by atoms with Crippen LogP contribution in [0, 0.1) is 0 Å². The molecule has 1 saturated heterocycles. The van der Waals surface area contributed by atoms with Crippen LogP contribution in [0.25, 0.3) is 11.3 Å². The van der Waals surface area contributed by atoms with Gasteiger partial charge in [-0.2, -0.15) is 0 Å². The van der Waals surface area contributed by atoms with Gasteiger partial charge in [-0.05, 0) is 56.4 Å². The van der Waals surface area contributed by atoms with E-state index in [-0.39, 0.29) is 5.78 Å². The number of carbonyl (C=O) groups is 1. The molecule has 0 radical (unpaired) electrons. The molecule has 2 aliphatic rings. The Balaban J connectivity index is 1.66. The molecule has 3 nitrogen and oxygen atoms in total. The molecule has 3 heteroatoms. The summed E-state index contributed by atoms with van der Waals surface area (Å²) in [5.41, 5.74) is 5.22. The van der Waals surface area contributed by atoms with E-state index in [2.05, 4.69) is 29.2 Å². The predicted molar refractivity (Wildman–Crippen MR) is 93.0 cm³/mol. The first-order chi connectivity index (χ1) is 11.3. The predicted octanol–water partition coefficient (Wildman–Crippen LogP) is 4.26. The first-order valence-corrected chi connectivity index (χ1v) is 8.70. The van der Waals surface area contributed by atoms with Crippen LogP contribution < -0.4 is 4.90 Å². The number of pyridine rings is 1. The summed E-state index contributed by atoms with van der Waals surface area (Å²) in [7, 11) is 0. The smallest absolute Gasteiger partial charge is 0.164 e. The third kappa shape index (κ3) is 2.88. The molecule has 0 saturated carbocycles. The fraction of sp³-hybridized carbons (Fsp3) is 0.400. The standard InChI is InChI=1S/C20H22N2O/c23-20-9-5-8-19-17(20)10-11-18(21-19)15-6-4-7-16(14-15)22-12-2-1-3-13-22/h4,6-7,10-11,14H,1-3,5,8-9,12-13H2. The van der Waals surface area contributed by atoms with Gasteiger partial charge in [0.15, 0.2) is 5.78 Å². The Morgan fingerprint density at radius 2 is 1.78 bits per heavy atom. The Bertz CT molecular complexity index is 732. The van der Waals surface area contributed by atoms with Gasteiger partial charge in [0.25, 0.3) is 0 Å². The van der Waals surface area contributed by atoms with E-state index >= 15 is 0 Å². The highest BCUT2D eigenvalue weighted by molar-refractivity contribution is 5.98. The Hall–Kier alpha value is -2.16. The second-order valence-electron chi connectivity index (χ2n) is 6.57. The number of hydrogen-bond donors (Lipinski definition) is 0. The zero-order chi connectivity index (χ0) is 15.6. The first kappa shape index (κ1) is 14.4. The van der Waals surface area contributed by atoms with Gasteiger partial charge in [-0.1, -0.05) is 12.1 Å². The van der Waals surface area contributed by atoms with Gasteiger partial charge in [0.2, 0.25) is 0 Å². The molecule has 2 aromatic rings. The zero-order valence-electron chi connectivity index (χ0n) is 13.4. The molecule has 2 heterocycles. The van der Waals surface area contributed by atoms with Crippen molar-refractivity contribution in [2.75, 3.05) is 18.0 Å². The van der Waals surface area contributed by atoms with Crippen LogP contribution >= 0.6 is 0 Å². The molecule has 1 fully saturated rings. The largest absolute Gasteiger partial charge is 0.372 e. The number of aryl methyl sites for hydroxylation is 1. The van der Waals surface area contributed by atoms with Crippen LogP contribution in [0.4, 0.5) is 5.69 Å². The average molecular weight is 306 g/mol. The van der Waals surface area contributed by atoms with E-state index in [1.54, 1.807) is 0 Å². The number of aromatic nitrogens is 1. The van der Waals surface area contributed by atoms with Crippen molar-refractivity contribution in [3.8, 4) is 11.3 Å². The lowest BCUT2D eigenvalue weighted by Crippen LogP contribution is -2.29. The number of fused-ring (bicyclic) bond motifs is 1. The number of benzene rings is 1. The highest BCUT2D eigenvalue weighted by atomic mass is 16.1. The van der Waals surface area contributed by atoms with E-state index in [9.17, 15) is 4.79 Å². The molecule has 118 valence electrons. The maximum absolute atomic E-state index is 11.9. The van der Waals surface area contributed by atoms with Crippen LogP contribution in [0.3, 0.4) is 0 Å². The summed E-state index contributed by atoms with van der Waals surface area (Å²) in [6.07, 6.45) is 6.42. The number of piperidine rings is 1. The molecule has 0 atom stereocenters. The minimum absolute atomic E-state index is 0.243. The zero-order valence-corrected chi connectivity index (χ0v) is 13.4. The Morgan fingerprint density at radius 3 is 2.65 bits per heavy atom. The van der Waals surface area contributed by atoms with Crippen molar-refractivity contribution in [3.63, 3.8) is 0 Å². The SMILES string of the molecule is O=C1CCCc2nc(-c3cccc(N4CCCCC4)c3)ccc21. The number of Topliss-reactive ketones (excluding diaryl/α,β-unsaturated/α-hetero) is 1. The van der Waals surface area contributed by atoms with Gasteiger partial charge in [0.1, 0.15) is 0 Å². The van der Waals surface area contributed by atoms with E-state index in [1.807, 2.05) is 12.1 Å². The molecule has 1 aliphatic carbocycles. The number of ketones is 1. The van der Waals surface area contributed by atoms with Gasteiger partial charge < -0.3 is 4.90 Å². The molecule has 1 aliphatic heterocycles. The molecule has 0 spiro atoms. The van der Waals surface area contributed by atoms with Crippen LogP contribution in [0.2, 0.25) is 0 Å². The lowest BCUT2D eigenvalue weighted by atomic mass is 9.94. The van der Waals surface area contributed by atoms with Crippen LogP contribution in [-0.4, -0.2) is 23.9 Å². The summed E-state index contributed by atoms with van der Waals surface area (Å²) in [5.74, 6) is 0.243. The summed E-state index contributed by atoms with van der Waals surface area (Å²) < 4.78 is 0. The molecule has 1 aromatic carbocycles. The van der Waals surface area contributed by atoms with Crippen molar-refractivity contribution in [2.24, 2.45) is 0 Å². The van der Waals surface area contributed by atoms with Crippen LogP contribution in [0.15, 0.2) is 36.4 Å². The highest BCUT2D eigenvalue weighted by Crippen LogP contribution is 2.28. The molecular weight excluding hydrogens is 284 g/mol. The number of rotatable bonds is 2. The normalized spacial score (nSPS) is 17.9. The minimum atomic E-state index is 0.243. The molecule has 0 N–H and O–H groups in total. The first-order valence-electron chi connectivity index (χ1n) is 8.70. The van der Waals surface area contributed by atoms with E-state index in [0.717, 1.165) is 48.4 Å². The maximum Gasteiger partial charge on any atom is 0.164 e. The van der Waals surface area contributed by atoms with Crippen molar-refractivity contribution < 1.29 is 4.79 Å². The molecule has 0 unspecified atom stereocenters. The number of anilines is 1. The molecule has 0 bridgehead atoms. The van der Waals surface area contributed by atoms with Gasteiger partial charge >= 0.3 is 0 Å². The average Bonchev–Trinajstić information content (AvgIpc) is 2.62. The van der Waals surface area contributed by atoms with Crippen molar-refractivity contribution >= 4 is 11.5 Å². The quantitative estimate of drug-likeness (QED) is 0.831. The maximum atomic E-state index is 11.9. The van der Waals surface area contributed by atoms with Gasteiger partial charge in [-0.25, -0.2) is 0 Å². The van der Waals surface area contributed by atoms with Crippen LogP contribution in [0.1, 0.15) is 48.2 Å². The van der Waals surface area contributed by atoms with Gasteiger partial charge in [0.05, 0.1) is 11.4 Å². The second kappa shape index (κ2) is 6.15.